The monoisotopic (exact) mass is 254 g/mol. The largest absolute Gasteiger partial charge is 0.493 e. The van der Waals surface area contributed by atoms with Crippen molar-refractivity contribution >= 4 is 5.91 Å². The summed E-state index contributed by atoms with van der Waals surface area (Å²) in [5.74, 6) is 0.710. The topological polar surface area (TPSA) is 96.8 Å². The summed E-state index contributed by atoms with van der Waals surface area (Å²) in [5.41, 5.74) is 11.7. The zero-order valence-corrected chi connectivity index (χ0v) is 10.5. The molecule has 0 heterocycles. The minimum Gasteiger partial charge on any atom is -0.493 e. The number of carbonyl (C=O) groups excluding carboxylic acids is 1. The molecule has 0 aliphatic carbocycles. The Morgan fingerprint density at radius 3 is 2.50 bits per heavy atom. The van der Waals surface area contributed by atoms with E-state index in [9.17, 15) is 4.79 Å². The molecule has 0 aliphatic heterocycles. The molecular weight excluding hydrogens is 236 g/mol. The molecule has 4 N–H and O–H groups in total. The average Bonchev–Trinajstić information content (AvgIpc) is 2.37. The molecule has 0 radical (unpaired) electrons. The van der Waals surface area contributed by atoms with E-state index in [1.807, 2.05) is 6.07 Å². The van der Waals surface area contributed by atoms with Gasteiger partial charge in [-0.2, -0.15) is 0 Å². The van der Waals surface area contributed by atoms with Gasteiger partial charge >= 0.3 is 0 Å². The first-order valence-electron chi connectivity index (χ1n) is 5.42. The maximum atomic E-state index is 10.5. The lowest BCUT2D eigenvalue weighted by atomic mass is 10.1. The fraction of sp³-hybridized carbons (Fsp3) is 0.417. The van der Waals surface area contributed by atoms with Gasteiger partial charge < -0.3 is 25.7 Å². The van der Waals surface area contributed by atoms with E-state index < -0.39 is 5.91 Å². The Morgan fingerprint density at radius 2 is 1.94 bits per heavy atom. The maximum absolute atomic E-state index is 10.5. The lowest BCUT2D eigenvalue weighted by Crippen LogP contribution is -2.23. The van der Waals surface area contributed by atoms with Gasteiger partial charge in [-0.05, 0) is 17.7 Å². The van der Waals surface area contributed by atoms with Crippen LogP contribution in [0.3, 0.4) is 0 Å². The van der Waals surface area contributed by atoms with Crippen molar-refractivity contribution in [2.75, 3.05) is 27.4 Å². The summed E-state index contributed by atoms with van der Waals surface area (Å²) >= 11 is 0. The smallest absolute Gasteiger partial charge is 0.243 e. The van der Waals surface area contributed by atoms with Gasteiger partial charge in [0.15, 0.2) is 11.5 Å². The zero-order valence-electron chi connectivity index (χ0n) is 10.5. The zero-order chi connectivity index (χ0) is 13.5. The van der Waals surface area contributed by atoms with E-state index in [2.05, 4.69) is 0 Å². The molecule has 0 aromatic heterocycles. The number of hydrogen-bond donors (Lipinski definition) is 2. The van der Waals surface area contributed by atoms with Crippen molar-refractivity contribution in [2.24, 2.45) is 11.5 Å². The Balaban J connectivity index is 2.67. The van der Waals surface area contributed by atoms with Gasteiger partial charge in [-0.25, -0.2) is 0 Å². The summed E-state index contributed by atoms with van der Waals surface area (Å²) in [6.07, 6.45) is 0. The Hall–Kier alpha value is -1.79. The third-order valence-electron chi connectivity index (χ3n) is 2.38. The van der Waals surface area contributed by atoms with Crippen molar-refractivity contribution < 1.29 is 19.0 Å². The van der Waals surface area contributed by atoms with Gasteiger partial charge in [0, 0.05) is 0 Å². The summed E-state index contributed by atoms with van der Waals surface area (Å²) < 4.78 is 15.4. The molecule has 1 aromatic rings. The van der Waals surface area contributed by atoms with Crippen LogP contribution in [0, 0.1) is 0 Å². The number of ether oxygens (including phenoxy) is 3. The molecule has 0 saturated carbocycles. The van der Waals surface area contributed by atoms with Crippen molar-refractivity contribution in [1.29, 1.82) is 0 Å². The lowest BCUT2D eigenvalue weighted by Gasteiger charge is -2.14. The predicted octanol–water partition coefficient (Wildman–Crippen LogP) is 0.206. The van der Waals surface area contributed by atoms with Crippen molar-refractivity contribution in [1.82, 2.24) is 0 Å². The minimum atomic E-state index is -0.519. The molecule has 18 heavy (non-hydrogen) atoms. The first kappa shape index (κ1) is 14.3. The molecule has 1 aromatic carbocycles. The van der Waals surface area contributed by atoms with Crippen molar-refractivity contribution in [3.05, 3.63) is 23.8 Å². The van der Waals surface area contributed by atoms with Crippen LogP contribution in [0.1, 0.15) is 11.6 Å². The Bertz CT molecular complexity index is 409. The highest BCUT2D eigenvalue weighted by molar-refractivity contribution is 5.74. The van der Waals surface area contributed by atoms with Crippen molar-refractivity contribution in [3.63, 3.8) is 0 Å². The molecule has 0 aliphatic rings. The number of carbonyl (C=O) groups is 1. The fourth-order valence-corrected chi connectivity index (χ4v) is 1.47. The normalized spacial score (nSPS) is 11.9. The second-order valence-corrected chi connectivity index (χ2v) is 3.70. The molecule has 1 atom stereocenters. The molecule has 6 heteroatoms. The number of primary amides is 1. The molecular formula is C12H18N2O4. The van der Waals surface area contributed by atoms with Gasteiger partial charge in [0.05, 0.1) is 26.9 Å². The van der Waals surface area contributed by atoms with E-state index >= 15 is 0 Å². The highest BCUT2D eigenvalue weighted by atomic mass is 16.5. The quantitative estimate of drug-likeness (QED) is 0.724. The first-order valence-corrected chi connectivity index (χ1v) is 5.42. The molecule has 0 spiro atoms. The van der Waals surface area contributed by atoms with E-state index in [1.54, 1.807) is 26.4 Å². The number of methoxy groups -OCH3 is 2. The van der Waals surface area contributed by atoms with Gasteiger partial charge in [0.2, 0.25) is 5.91 Å². The summed E-state index contributed by atoms with van der Waals surface area (Å²) in [6.45, 7) is 0.0689. The highest BCUT2D eigenvalue weighted by Crippen LogP contribution is 2.29. The van der Waals surface area contributed by atoms with Crippen molar-refractivity contribution in [3.8, 4) is 11.5 Å². The molecule has 1 rings (SSSR count). The third kappa shape index (κ3) is 3.90. The Morgan fingerprint density at radius 1 is 1.28 bits per heavy atom. The predicted molar refractivity (Wildman–Crippen MR) is 66.5 cm³/mol. The number of rotatable bonds is 7. The molecule has 6 nitrogen and oxygen atoms in total. The first-order chi connectivity index (χ1) is 8.58. The van der Waals surface area contributed by atoms with Gasteiger partial charge in [0.1, 0.15) is 6.61 Å². The molecule has 1 unspecified atom stereocenters. The average molecular weight is 254 g/mol. The van der Waals surface area contributed by atoms with E-state index in [1.165, 1.54) is 0 Å². The number of nitrogens with two attached hydrogens (primary N) is 2. The molecule has 0 bridgehead atoms. The number of hydrogen-bond acceptors (Lipinski definition) is 5. The Kier molecular flexibility index (Phi) is 5.41. The third-order valence-corrected chi connectivity index (χ3v) is 2.38. The fourth-order valence-electron chi connectivity index (χ4n) is 1.47. The Labute approximate surface area is 106 Å². The van der Waals surface area contributed by atoms with Crippen LogP contribution >= 0.6 is 0 Å². The van der Waals surface area contributed by atoms with Gasteiger partial charge in [-0.3, -0.25) is 4.79 Å². The standard InChI is InChI=1S/C12H18N2O4/c1-16-10-4-3-8(5-11(10)17-2)9(13)6-18-7-12(14)15/h3-5,9H,6-7,13H2,1-2H3,(H2,14,15). The van der Waals surface area contributed by atoms with E-state index in [0.29, 0.717) is 11.5 Å². The lowest BCUT2D eigenvalue weighted by molar-refractivity contribution is -0.122. The number of benzene rings is 1. The molecule has 0 saturated heterocycles. The second kappa shape index (κ2) is 6.83. The SMILES string of the molecule is COc1ccc(C(N)COCC(N)=O)cc1OC. The van der Waals surface area contributed by atoms with Crippen LogP contribution in [0.5, 0.6) is 11.5 Å². The van der Waals surface area contributed by atoms with Crippen LogP contribution in [0.15, 0.2) is 18.2 Å². The highest BCUT2D eigenvalue weighted by Gasteiger charge is 2.11. The summed E-state index contributed by atoms with van der Waals surface area (Å²) in [4.78, 5) is 10.5. The summed E-state index contributed by atoms with van der Waals surface area (Å²) in [5, 5.41) is 0. The van der Waals surface area contributed by atoms with Crippen LogP contribution in [-0.4, -0.2) is 33.3 Å². The summed E-state index contributed by atoms with van der Waals surface area (Å²) in [6, 6.07) is 5.00. The van der Waals surface area contributed by atoms with Crippen LogP contribution in [-0.2, 0) is 9.53 Å². The minimum absolute atomic E-state index is 0.138. The maximum Gasteiger partial charge on any atom is 0.243 e. The van der Waals surface area contributed by atoms with E-state index in [4.69, 9.17) is 25.7 Å². The van der Waals surface area contributed by atoms with Crippen molar-refractivity contribution in [2.45, 2.75) is 6.04 Å². The molecule has 100 valence electrons. The summed E-state index contributed by atoms with van der Waals surface area (Å²) in [7, 11) is 3.12. The second-order valence-electron chi connectivity index (χ2n) is 3.70. The van der Waals surface area contributed by atoms with Crippen LogP contribution in [0.25, 0.3) is 0 Å². The van der Waals surface area contributed by atoms with Crippen LogP contribution in [0.4, 0.5) is 0 Å². The molecule has 1 amide bonds. The van der Waals surface area contributed by atoms with Gasteiger partial charge in [-0.15, -0.1) is 0 Å². The van der Waals surface area contributed by atoms with Gasteiger partial charge in [0.25, 0.3) is 0 Å². The van der Waals surface area contributed by atoms with Crippen LogP contribution in [0.2, 0.25) is 0 Å². The number of amides is 1. The van der Waals surface area contributed by atoms with Crippen LogP contribution < -0.4 is 20.9 Å². The van der Waals surface area contributed by atoms with E-state index in [0.717, 1.165) is 5.56 Å². The van der Waals surface area contributed by atoms with Gasteiger partial charge in [-0.1, -0.05) is 6.07 Å². The van der Waals surface area contributed by atoms with E-state index in [-0.39, 0.29) is 19.3 Å². The molecule has 0 fully saturated rings.